The number of ether oxygens (including phenoxy) is 1. The maximum atomic E-state index is 5.57. The highest BCUT2D eigenvalue weighted by Gasteiger charge is 2.15. The summed E-state index contributed by atoms with van der Waals surface area (Å²) in [7, 11) is 1.64. The molecule has 0 saturated heterocycles. The molecule has 0 aliphatic carbocycles. The van der Waals surface area contributed by atoms with Gasteiger partial charge in [0.15, 0.2) is 0 Å². The summed E-state index contributed by atoms with van der Waals surface area (Å²) in [5.74, 6) is 1.97. The third-order valence-electron chi connectivity index (χ3n) is 2.09. The first kappa shape index (κ1) is 11.6. The summed E-state index contributed by atoms with van der Waals surface area (Å²) in [6.07, 6.45) is 0.912. The Morgan fingerprint density at radius 3 is 3.00 bits per heavy atom. The van der Waals surface area contributed by atoms with Gasteiger partial charge >= 0.3 is 0 Å². The van der Waals surface area contributed by atoms with Crippen molar-refractivity contribution in [3.63, 3.8) is 0 Å². The number of thiophene rings is 1. The summed E-state index contributed by atoms with van der Waals surface area (Å²) in [6, 6.07) is 1.89. The van der Waals surface area contributed by atoms with Crippen molar-refractivity contribution >= 4 is 27.3 Å². The molecule has 0 aromatic carbocycles. The van der Waals surface area contributed by atoms with Crippen LogP contribution in [0, 0.1) is 0 Å². The monoisotopic (exact) mass is 302 g/mol. The third-order valence-corrected chi connectivity index (χ3v) is 4.02. The van der Waals surface area contributed by atoms with Crippen LogP contribution >= 0.6 is 27.3 Å². The van der Waals surface area contributed by atoms with Gasteiger partial charge in [-0.25, -0.2) is 0 Å². The van der Waals surface area contributed by atoms with Gasteiger partial charge in [0.05, 0.1) is 16.8 Å². The average Bonchev–Trinajstić information content (AvgIpc) is 2.95. The van der Waals surface area contributed by atoms with E-state index in [9.17, 15) is 0 Å². The van der Waals surface area contributed by atoms with Crippen molar-refractivity contribution in [3.8, 4) is 16.5 Å². The van der Waals surface area contributed by atoms with E-state index >= 15 is 0 Å². The van der Waals surface area contributed by atoms with E-state index < -0.39 is 0 Å². The lowest BCUT2D eigenvalue weighted by Gasteiger charge is -1.97. The minimum absolute atomic E-state index is 0.121. The van der Waals surface area contributed by atoms with Crippen LogP contribution in [0.2, 0.25) is 0 Å². The van der Waals surface area contributed by atoms with Gasteiger partial charge in [-0.05, 0) is 6.42 Å². The molecule has 6 heteroatoms. The van der Waals surface area contributed by atoms with Crippen LogP contribution in [0.5, 0.6) is 5.75 Å². The van der Waals surface area contributed by atoms with Crippen LogP contribution in [0.1, 0.15) is 24.1 Å². The Hall–Kier alpha value is -0.880. The van der Waals surface area contributed by atoms with Gasteiger partial charge in [-0.3, -0.25) is 0 Å². The van der Waals surface area contributed by atoms with Gasteiger partial charge in [0, 0.05) is 11.4 Å². The van der Waals surface area contributed by atoms with Crippen LogP contribution in [0.3, 0.4) is 0 Å². The minimum Gasteiger partial charge on any atom is -0.496 e. The summed E-state index contributed by atoms with van der Waals surface area (Å²) in [5, 5.41) is 9.92. The zero-order chi connectivity index (χ0) is 11.5. The summed E-state index contributed by atoms with van der Waals surface area (Å²) < 4.78 is 10.7. The third kappa shape index (κ3) is 2.27. The van der Waals surface area contributed by atoms with E-state index in [2.05, 4.69) is 33.1 Å². The van der Waals surface area contributed by atoms with E-state index in [0.717, 1.165) is 17.0 Å². The SMILES string of the molecule is CCC(Br)c1nnc(-c2cc(OC)cs2)o1. The van der Waals surface area contributed by atoms with E-state index in [4.69, 9.17) is 9.15 Å². The van der Waals surface area contributed by atoms with Crippen LogP contribution in [-0.2, 0) is 0 Å². The van der Waals surface area contributed by atoms with Crippen LogP contribution in [0.4, 0.5) is 0 Å². The van der Waals surface area contributed by atoms with Crippen LogP contribution < -0.4 is 4.74 Å². The smallest absolute Gasteiger partial charge is 0.257 e. The Morgan fingerprint density at radius 1 is 1.56 bits per heavy atom. The zero-order valence-corrected chi connectivity index (χ0v) is 11.3. The molecule has 0 saturated carbocycles. The van der Waals surface area contributed by atoms with Crippen molar-refractivity contribution in [1.29, 1.82) is 0 Å². The lowest BCUT2D eigenvalue weighted by molar-refractivity contribution is 0.416. The second-order valence-electron chi connectivity index (χ2n) is 3.17. The molecule has 2 heterocycles. The standard InChI is InChI=1S/C10H11BrN2O2S/c1-3-7(11)9-12-13-10(15-9)8-4-6(14-2)5-16-8/h4-5,7H,3H2,1-2H3. The molecule has 2 aromatic rings. The molecular weight excluding hydrogens is 292 g/mol. The second kappa shape index (κ2) is 4.97. The number of hydrogen-bond donors (Lipinski definition) is 0. The zero-order valence-electron chi connectivity index (χ0n) is 8.94. The predicted molar refractivity (Wildman–Crippen MR) is 66.1 cm³/mol. The molecule has 0 radical (unpaired) electrons. The summed E-state index contributed by atoms with van der Waals surface area (Å²) in [6.45, 7) is 2.05. The van der Waals surface area contributed by atoms with E-state index in [1.54, 1.807) is 7.11 Å². The van der Waals surface area contributed by atoms with Crippen molar-refractivity contribution < 1.29 is 9.15 Å². The fraction of sp³-hybridized carbons (Fsp3) is 0.400. The van der Waals surface area contributed by atoms with Crippen molar-refractivity contribution in [1.82, 2.24) is 10.2 Å². The number of rotatable bonds is 4. The van der Waals surface area contributed by atoms with Crippen LogP contribution in [0.15, 0.2) is 15.9 Å². The first-order valence-electron chi connectivity index (χ1n) is 4.85. The number of nitrogens with zero attached hydrogens (tertiary/aromatic N) is 2. The molecule has 0 fully saturated rings. The Labute approximate surface area is 106 Å². The Bertz CT molecular complexity index is 469. The molecule has 4 nitrogen and oxygen atoms in total. The molecular formula is C10H11BrN2O2S. The predicted octanol–water partition coefficient (Wildman–Crippen LogP) is 3.65. The Balaban J connectivity index is 2.24. The molecule has 16 heavy (non-hydrogen) atoms. The average molecular weight is 303 g/mol. The van der Waals surface area contributed by atoms with Gasteiger partial charge in [0.25, 0.3) is 5.89 Å². The molecule has 0 amide bonds. The number of hydrogen-bond acceptors (Lipinski definition) is 5. The molecule has 0 spiro atoms. The van der Waals surface area contributed by atoms with Crippen molar-refractivity contribution in [2.75, 3.05) is 7.11 Å². The van der Waals surface area contributed by atoms with Crippen molar-refractivity contribution in [2.45, 2.75) is 18.2 Å². The lowest BCUT2D eigenvalue weighted by atomic mass is 10.3. The quantitative estimate of drug-likeness (QED) is 0.809. The first-order valence-corrected chi connectivity index (χ1v) is 6.64. The number of aromatic nitrogens is 2. The molecule has 0 aliphatic heterocycles. The van der Waals surface area contributed by atoms with Gasteiger partial charge in [-0.1, -0.05) is 22.9 Å². The largest absolute Gasteiger partial charge is 0.496 e. The summed E-state index contributed by atoms with van der Waals surface area (Å²) >= 11 is 5.00. The van der Waals surface area contributed by atoms with E-state index in [0.29, 0.717) is 11.8 Å². The van der Waals surface area contributed by atoms with Gasteiger partial charge in [-0.15, -0.1) is 21.5 Å². The molecule has 0 aliphatic rings. The highest BCUT2D eigenvalue weighted by Crippen LogP contribution is 2.32. The van der Waals surface area contributed by atoms with Crippen LogP contribution in [-0.4, -0.2) is 17.3 Å². The highest BCUT2D eigenvalue weighted by molar-refractivity contribution is 9.09. The maximum Gasteiger partial charge on any atom is 0.257 e. The highest BCUT2D eigenvalue weighted by atomic mass is 79.9. The molecule has 0 bridgehead atoms. The fourth-order valence-corrected chi connectivity index (χ4v) is 2.13. The molecule has 2 aromatic heterocycles. The van der Waals surface area contributed by atoms with Crippen molar-refractivity contribution in [2.24, 2.45) is 0 Å². The normalized spacial score (nSPS) is 12.7. The van der Waals surface area contributed by atoms with E-state index in [-0.39, 0.29) is 4.83 Å². The van der Waals surface area contributed by atoms with Gasteiger partial charge < -0.3 is 9.15 Å². The first-order chi connectivity index (χ1) is 7.74. The molecule has 0 N–H and O–H groups in total. The number of halogens is 1. The lowest BCUT2D eigenvalue weighted by Crippen LogP contribution is -1.86. The van der Waals surface area contributed by atoms with E-state index in [1.165, 1.54) is 11.3 Å². The van der Waals surface area contributed by atoms with Crippen LogP contribution in [0.25, 0.3) is 10.8 Å². The second-order valence-corrected chi connectivity index (χ2v) is 5.19. The van der Waals surface area contributed by atoms with Gasteiger partial charge in [0.2, 0.25) is 5.89 Å². The summed E-state index contributed by atoms with van der Waals surface area (Å²) in [4.78, 5) is 1.04. The Kier molecular flexibility index (Phi) is 3.60. The van der Waals surface area contributed by atoms with Crippen molar-refractivity contribution in [3.05, 3.63) is 17.3 Å². The molecule has 1 unspecified atom stereocenters. The topological polar surface area (TPSA) is 48.2 Å². The Morgan fingerprint density at radius 2 is 2.38 bits per heavy atom. The molecule has 2 rings (SSSR count). The maximum absolute atomic E-state index is 5.57. The van der Waals surface area contributed by atoms with E-state index in [1.807, 2.05) is 11.4 Å². The minimum atomic E-state index is 0.121. The number of methoxy groups -OCH3 is 1. The number of alkyl halides is 1. The van der Waals surface area contributed by atoms with Gasteiger partial charge in [-0.2, -0.15) is 0 Å². The molecule has 86 valence electrons. The summed E-state index contributed by atoms with van der Waals surface area (Å²) in [5.41, 5.74) is 0. The van der Waals surface area contributed by atoms with Gasteiger partial charge in [0.1, 0.15) is 5.75 Å². The molecule has 1 atom stereocenters. The fourth-order valence-electron chi connectivity index (χ4n) is 1.17.